The lowest BCUT2D eigenvalue weighted by Crippen LogP contribution is -2.30. The van der Waals surface area contributed by atoms with Crippen molar-refractivity contribution in [3.8, 4) is 0 Å². The maximum atomic E-state index is 4.27. The van der Waals surface area contributed by atoms with E-state index in [-0.39, 0.29) is 0 Å². The molecule has 17 heavy (non-hydrogen) atoms. The topological polar surface area (TPSA) is 15.6 Å². The molecule has 1 rings (SSSR count). The van der Waals surface area contributed by atoms with E-state index in [1.807, 2.05) is 6.34 Å². The van der Waals surface area contributed by atoms with Crippen LogP contribution in [0.2, 0.25) is 0 Å². The first-order valence-electron chi connectivity index (χ1n) is 7.60. The highest BCUT2D eigenvalue weighted by Crippen LogP contribution is 2.13. The van der Waals surface area contributed by atoms with Gasteiger partial charge in [0.25, 0.3) is 0 Å². The highest BCUT2D eigenvalue weighted by Gasteiger charge is 2.12. The molecule has 100 valence electrons. The second kappa shape index (κ2) is 9.49. The Labute approximate surface area is 107 Å². The number of nitrogens with zero attached hydrogens (tertiary/aromatic N) is 2. The minimum atomic E-state index is 0.696. The maximum Gasteiger partial charge on any atom is 0.0853 e. The summed E-state index contributed by atoms with van der Waals surface area (Å²) in [5.74, 6) is 0. The summed E-state index contributed by atoms with van der Waals surface area (Å²) >= 11 is 0. The predicted molar refractivity (Wildman–Crippen MR) is 76.8 cm³/mol. The van der Waals surface area contributed by atoms with E-state index in [0.29, 0.717) is 6.04 Å². The number of aliphatic imine (C=N–C) groups is 1. The summed E-state index contributed by atoms with van der Waals surface area (Å²) in [5.41, 5.74) is 0. The van der Waals surface area contributed by atoms with Crippen molar-refractivity contribution in [2.75, 3.05) is 13.1 Å². The molecule has 0 fully saturated rings. The molecule has 0 bridgehead atoms. The van der Waals surface area contributed by atoms with Gasteiger partial charge in [-0.1, -0.05) is 58.3 Å². The first-order valence-corrected chi connectivity index (χ1v) is 7.60. The zero-order valence-corrected chi connectivity index (χ0v) is 11.8. The Morgan fingerprint density at radius 3 is 2.29 bits per heavy atom. The molecule has 0 N–H and O–H groups in total. The minimum absolute atomic E-state index is 0.696. The SMILES string of the molecule is CCCCCCCCCCC(C)N1C=NCC1. The highest BCUT2D eigenvalue weighted by molar-refractivity contribution is 5.57. The molecule has 0 spiro atoms. The summed E-state index contributed by atoms with van der Waals surface area (Å²) in [6.45, 7) is 6.75. The van der Waals surface area contributed by atoms with Crippen molar-refractivity contribution in [2.45, 2.75) is 77.7 Å². The molecule has 0 saturated heterocycles. The third-order valence-corrected chi connectivity index (χ3v) is 3.76. The number of hydrogen-bond donors (Lipinski definition) is 0. The Bertz CT molecular complexity index is 201. The van der Waals surface area contributed by atoms with Crippen LogP contribution >= 0.6 is 0 Å². The van der Waals surface area contributed by atoms with Crippen molar-refractivity contribution in [1.29, 1.82) is 0 Å². The lowest BCUT2D eigenvalue weighted by atomic mass is 10.0. The molecule has 1 unspecified atom stereocenters. The van der Waals surface area contributed by atoms with Crippen LogP contribution in [0.15, 0.2) is 4.99 Å². The van der Waals surface area contributed by atoms with Crippen molar-refractivity contribution in [2.24, 2.45) is 4.99 Å². The van der Waals surface area contributed by atoms with Gasteiger partial charge >= 0.3 is 0 Å². The summed E-state index contributed by atoms with van der Waals surface area (Å²) in [4.78, 5) is 6.66. The number of rotatable bonds is 10. The normalized spacial score (nSPS) is 16.7. The van der Waals surface area contributed by atoms with Gasteiger partial charge < -0.3 is 4.90 Å². The molecule has 2 heteroatoms. The third-order valence-electron chi connectivity index (χ3n) is 3.76. The third kappa shape index (κ3) is 6.70. The second-order valence-corrected chi connectivity index (χ2v) is 5.37. The van der Waals surface area contributed by atoms with Crippen molar-refractivity contribution in [1.82, 2.24) is 4.90 Å². The molecule has 0 aromatic rings. The van der Waals surface area contributed by atoms with Crippen LogP contribution in [0.1, 0.15) is 71.6 Å². The Kier molecular flexibility index (Phi) is 8.12. The van der Waals surface area contributed by atoms with Gasteiger partial charge in [-0.05, 0) is 13.3 Å². The van der Waals surface area contributed by atoms with Crippen molar-refractivity contribution in [3.63, 3.8) is 0 Å². The van der Waals surface area contributed by atoms with E-state index in [4.69, 9.17) is 0 Å². The van der Waals surface area contributed by atoms with Crippen LogP contribution in [-0.2, 0) is 0 Å². The van der Waals surface area contributed by atoms with Gasteiger partial charge in [0.2, 0.25) is 0 Å². The first-order chi connectivity index (χ1) is 8.34. The molecule has 0 aromatic heterocycles. The van der Waals surface area contributed by atoms with E-state index in [1.54, 1.807) is 0 Å². The van der Waals surface area contributed by atoms with E-state index in [9.17, 15) is 0 Å². The van der Waals surface area contributed by atoms with E-state index >= 15 is 0 Å². The Morgan fingerprint density at radius 2 is 1.71 bits per heavy atom. The molecule has 1 aliphatic heterocycles. The monoisotopic (exact) mass is 238 g/mol. The van der Waals surface area contributed by atoms with Gasteiger partial charge in [0, 0.05) is 12.6 Å². The smallest absolute Gasteiger partial charge is 0.0853 e. The molecule has 1 heterocycles. The van der Waals surface area contributed by atoms with Gasteiger partial charge in [-0.25, -0.2) is 0 Å². The molecular formula is C15H30N2. The average molecular weight is 238 g/mol. The first kappa shape index (κ1) is 14.5. The molecule has 2 nitrogen and oxygen atoms in total. The maximum absolute atomic E-state index is 4.27. The molecule has 0 radical (unpaired) electrons. The summed E-state index contributed by atoms with van der Waals surface area (Å²) in [5, 5.41) is 0. The Morgan fingerprint density at radius 1 is 1.06 bits per heavy atom. The lowest BCUT2D eigenvalue weighted by Gasteiger charge is -2.22. The summed E-state index contributed by atoms with van der Waals surface area (Å²) in [6, 6.07) is 0.696. The van der Waals surface area contributed by atoms with Crippen molar-refractivity contribution < 1.29 is 0 Å². The standard InChI is InChI=1S/C15H30N2/c1-3-4-5-6-7-8-9-10-11-15(2)17-13-12-16-14-17/h14-15H,3-13H2,1-2H3. The van der Waals surface area contributed by atoms with Crippen LogP contribution in [0, 0.1) is 0 Å². The fraction of sp³-hybridized carbons (Fsp3) is 0.933. The largest absolute Gasteiger partial charge is 0.358 e. The van der Waals surface area contributed by atoms with Gasteiger partial charge in [0.05, 0.1) is 12.9 Å². The van der Waals surface area contributed by atoms with Gasteiger partial charge in [-0.3, -0.25) is 4.99 Å². The number of hydrogen-bond acceptors (Lipinski definition) is 2. The van der Waals surface area contributed by atoms with Crippen LogP contribution in [0.3, 0.4) is 0 Å². The molecule has 1 aliphatic rings. The molecular weight excluding hydrogens is 208 g/mol. The van der Waals surface area contributed by atoms with E-state index in [2.05, 4.69) is 23.7 Å². The highest BCUT2D eigenvalue weighted by atomic mass is 15.2. The van der Waals surface area contributed by atoms with Gasteiger partial charge in [-0.2, -0.15) is 0 Å². The van der Waals surface area contributed by atoms with Crippen LogP contribution in [0.4, 0.5) is 0 Å². The quantitative estimate of drug-likeness (QED) is 0.519. The van der Waals surface area contributed by atoms with Crippen LogP contribution in [0.5, 0.6) is 0 Å². The predicted octanol–water partition coefficient (Wildman–Crippen LogP) is 4.25. The Balaban J connectivity index is 1.85. The fourth-order valence-electron chi connectivity index (χ4n) is 2.47. The summed E-state index contributed by atoms with van der Waals surface area (Å²) in [7, 11) is 0. The summed E-state index contributed by atoms with van der Waals surface area (Å²) in [6.07, 6.45) is 14.7. The van der Waals surface area contributed by atoms with Crippen LogP contribution in [0.25, 0.3) is 0 Å². The molecule has 0 aliphatic carbocycles. The molecule has 0 amide bonds. The zero-order chi connectivity index (χ0) is 12.3. The number of unbranched alkanes of at least 4 members (excludes halogenated alkanes) is 7. The van der Waals surface area contributed by atoms with Crippen molar-refractivity contribution >= 4 is 6.34 Å². The minimum Gasteiger partial charge on any atom is -0.358 e. The van der Waals surface area contributed by atoms with Crippen LogP contribution < -0.4 is 0 Å². The second-order valence-electron chi connectivity index (χ2n) is 5.37. The van der Waals surface area contributed by atoms with Gasteiger partial charge in [0.15, 0.2) is 0 Å². The molecule has 1 atom stereocenters. The fourth-order valence-corrected chi connectivity index (χ4v) is 2.47. The van der Waals surface area contributed by atoms with Gasteiger partial charge in [-0.15, -0.1) is 0 Å². The zero-order valence-electron chi connectivity index (χ0n) is 11.8. The van der Waals surface area contributed by atoms with Crippen LogP contribution in [-0.4, -0.2) is 30.4 Å². The van der Waals surface area contributed by atoms with Gasteiger partial charge in [0.1, 0.15) is 0 Å². The van der Waals surface area contributed by atoms with Crippen molar-refractivity contribution in [3.05, 3.63) is 0 Å². The average Bonchev–Trinajstić information content (AvgIpc) is 2.86. The summed E-state index contributed by atoms with van der Waals surface area (Å²) < 4.78 is 0. The Hall–Kier alpha value is -0.530. The van der Waals surface area contributed by atoms with E-state index in [0.717, 1.165) is 13.1 Å². The molecule has 0 saturated carbocycles. The lowest BCUT2D eigenvalue weighted by molar-refractivity contribution is 0.337. The van der Waals surface area contributed by atoms with E-state index in [1.165, 1.54) is 57.8 Å². The molecule has 0 aromatic carbocycles. The van der Waals surface area contributed by atoms with E-state index < -0.39 is 0 Å².